The van der Waals surface area contributed by atoms with Crippen LogP contribution in [0.1, 0.15) is 18.4 Å². The lowest BCUT2D eigenvalue weighted by molar-refractivity contribution is -0.137. The first-order valence-corrected chi connectivity index (χ1v) is 5.81. The second kappa shape index (κ2) is 6.47. The number of carboxylic acids is 1. The number of carbonyl (C=O) groups is 1. The van der Waals surface area contributed by atoms with Crippen molar-refractivity contribution in [2.45, 2.75) is 19.4 Å². The first-order chi connectivity index (χ1) is 7.99. The summed E-state index contributed by atoms with van der Waals surface area (Å²) in [6, 6.07) is 5.37. The van der Waals surface area contributed by atoms with Gasteiger partial charge in [-0.1, -0.05) is 11.6 Å². The Kier molecular flexibility index (Phi) is 5.25. The molecule has 0 bridgehead atoms. The molecule has 0 aliphatic rings. The van der Waals surface area contributed by atoms with Gasteiger partial charge in [0.15, 0.2) is 0 Å². The highest BCUT2D eigenvalue weighted by Gasteiger charge is 2.05. The number of halogens is 1. The third kappa shape index (κ3) is 5.06. The number of benzene rings is 1. The molecule has 0 aliphatic carbocycles. The molecule has 0 unspecified atom stereocenters. The van der Waals surface area contributed by atoms with E-state index < -0.39 is 5.97 Å². The molecule has 0 fully saturated rings. The zero-order valence-electron chi connectivity index (χ0n) is 9.82. The van der Waals surface area contributed by atoms with Crippen molar-refractivity contribution in [3.63, 3.8) is 0 Å². The average Bonchev–Trinajstić information content (AvgIpc) is 2.23. The number of nitrogens with zero attached hydrogens (tertiary/aromatic N) is 1. The van der Waals surface area contributed by atoms with Crippen LogP contribution in [0.4, 0.5) is 5.69 Å². The topological polar surface area (TPSA) is 66.6 Å². The molecule has 0 aromatic heterocycles. The van der Waals surface area contributed by atoms with Gasteiger partial charge in [0.05, 0.1) is 0 Å². The Labute approximate surface area is 106 Å². The third-order valence-corrected chi connectivity index (χ3v) is 2.71. The van der Waals surface area contributed by atoms with Crippen molar-refractivity contribution in [3.8, 4) is 0 Å². The smallest absolute Gasteiger partial charge is 0.303 e. The van der Waals surface area contributed by atoms with Crippen LogP contribution in [0.2, 0.25) is 5.02 Å². The summed E-state index contributed by atoms with van der Waals surface area (Å²) in [7, 11) is 1.93. The normalized spacial score (nSPS) is 10.8. The molecule has 0 spiro atoms. The standard InChI is InChI=1S/C12H17ClN2O2/c1-15(6-2-3-12(16)17)8-9-7-10(13)4-5-11(9)14/h4-5,7H,2-3,6,8,14H2,1H3,(H,16,17). The van der Waals surface area contributed by atoms with Gasteiger partial charge >= 0.3 is 5.97 Å². The predicted octanol–water partition coefficient (Wildman–Crippen LogP) is 2.22. The van der Waals surface area contributed by atoms with Gasteiger partial charge in [0.2, 0.25) is 0 Å². The molecule has 0 saturated carbocycles. The van der Waals surface area contributed by atoms with Crippen LogP contribution in [0.3, 0.4) is 0 Å². The quantitative estimate of drug-likeness (QED) is 0.766. The number of rotatable bonds is 6. The molecule has 1 aromatic rings. The lowest BCUT2D eigenvalue weighted by Crippen LogP contribution is -2.20. The zero-order valence-corrected chi connectivity index (χ0v) is 10.6. The molecule has 0 heterocycles. The maximum Gasteiger partial charge on any atom is 0.303 e. The lowest BCUT2D eigenvalue weighted by atomic mass is 10.1. The van der Waals surface area contributed by atoms with E-state index in [4.69, 9.17) is 22.4 Å². The van der Waals surface area contributed by atoms with E-state index in [1.54, 1.807) is 12.1 Å². The van der Waals surface area contributed by atoms with E-state index in [0.29, 0.717) is 23.7 Å². The Morgan fingerprint density at radius 3 is 2.88 bits per heavy atom. The fraction of sp³-hybridized carbons (Fsp3) is 0.417. The third-order valence-electron chi connectivity index (χ3n) is 2.48. The molecule has 0 amide bonds. The van der Waals surface area contributed by atoms with Crippen LogP contribution < -0.4 is 5.73 Å². The maximum atomic E-state index is 10.4. The average molecular weight is 257 g/mol. The Balaban J connectivity index is 2.47. The van der Waals surface area contributed by atoms with Crippen LogP contribution in [-0.4, -0.2) is 29.6 Å². The summed E-state index contributed by atoms with van der Waals surface area (Å²) in [6.07, 6.45) is 0.821. The molecule has 1 rings (SSSR count). The number of carboxylic acid groups (broad SMARTS) is 1. The summed E-state index contributed by atoms with van der Waals surface area (Å²) in [5, 5.41) is 9.20. The maximum absolute atomic E-state index is 10.4. The van der Waals surface area contributed by atoms with Crippen LogP contribution in [0.5, 0.6) is 0 Å². The molecular formula is C12H17ClN2O2. The molecule has 5 heteroatoms. The van der Waals surface area contributed by atoms with Crippen molar-refractivity contribution >= 4 is 23.3 Å². The summed E-state index contributed by atoms with van der Waals surface area (Å²) < 4.78 is 0. The fourth-order valence-corrected chi connectivity index (χ4v) is 1.78. The van der Waals surface area contributed by atoms with Gasteiger partial charge in [-0.05, 0) is 43.8 Å². The van der Waals surface area contributed by atoms with Crippen molar-refractivity contribution in [3.05, 3.63) is 28.8 Å². The fourth-order valence-electron chi connectivity index (χ4n) is 1.58. The van der Waals surface area contributed by atoms with Crippen LogP contribution >= 0.6 is 11.6 Å². The SMILES string of the molecule is CN(CCCC(=O)O)Cc1cc(Cl)ccc1N. The predicted molar refractivity (Wildman–Crippen MR) is 69.1 cm³/mol. The minimum atomic E-state index is -0.763. The van der Waals surface area contributed by atoms with Crippen molar-refractivity contribution < 1.29 is 9.90 Å². The number of aliphatic carboxylic acids is 1. The van der Waals surface area contributed by atoms with E-state index in [9.17, 15) is 4.79 Å². The van der Waals surface area contributed by atoms with Crippen LogP contribution in [0.15, 0.2) is 18.2 Å². The molecule has 94 valence electrons. The minimum absolute atomic E-state index is 0.190. The van der Waals surface area contributed by atoms with E-state index in [0.717, 1.165) is 12.1 Å². The van der Waals surface area contributed by atoms with Crippen LogP contribution in [-0.2, 0) is 11.3 Å². The summed E-state index contributed by atoms with van der Waals surface area (Å²) in [6.45, 7) is 1.39. The Morgan fingerprint density at radius 2 is 2.24 bits per heavy atom. The molecule has 3 N–H and O–H groups in total. The molecule has 0 aliphatic heterocycles. The highest BCUT2D eigenvalue weighted by atomic mass is 35.5. The summed E-state index contributed by atoms with van der Waals surface area (Å²) in [5.41, 5.74) is 7.51. The van der Waals surface area contributed by atoms with E-state index in [1.807, 2.05) is 18.0 Å². The molecule has 4 nitrogen and oxygen atoms in total. The largest absolute Gasteiger partial charge is 0.481 e. The monoisotopic (exact) mass is 256 g/mol. The Bertz CT molecular complexity index is 396. The number of hydrogen-bond acceptors (Lipinski definition) is 3. The van der Waals surface area contributed by atoms with Gasteiger partial charge in [-0.15, -0.1) is 0 Å². The number of anilines is 1. The van der Waals surface area contributed by atoms with Crippen molar-refractivity contribution in [2.24, 2.45) is 0 Å². The highest BCUT2D eigenvalue weighted by Crippen LogP contribution is 2.19. The van der Waals surface area contributed by atoms with Crippen molar-refractivity contribution in [2.75, 3.05) is 19.3 Å². The van der Waals surface area contributed by atoms with E-state index in [1.165, 1.54) is 0 Å². The number of hydrogen-bond donors (Lipinski definition) is 2. The van der Waals surface area contributed by atoms with Gasteiger partial charge in [0.25, 0.3) is 0 Å². The first kappa shape index (κ1) is 13.8. The van der Waals surface area contributed by atoms with Gasteiger partial charge in [0, 0.05) is 23.7 Å². The highest BCUT2D eigenvalue weighted by molar-refractivity contribution is 6.30. The molecule has 0 saturated heterocycles. The molecule has 17 heavy (non-hydrogen) atoms. The lowest BCUT2D eigenvalue weighted by Gasteiger charge is -2.17. The van der Waals surface area contributed by atoms with Crippen LogP contribution in [0.25, 0.3) is 0 Å². The van der Waals surface area contributed by atoms with E-state index in [-0.39, 0.29) is 6.42 Å². The van der Waals surface area contributed by atoms with Gasteiger partial charge in [0.1, 0.15) is 0 Å². The number of nitrogens with two attached hydrogens (primary N) is 1. The minimum Gasteiger partial charge on any atom is -0.481 e. The first-order valence-electron chi connectivity index (χ1n) is 5.43. The van der Waals surface area contributed by atoms with Crippen LogP contribution in [0, 0.1) is 0 Å². The number of nitrogen functional groups attached to an aromatic ring is 1. The Morgan fingerprint density at radius 1 is 1.53 bits per heavy atom. The summed E-state index contributed by atoms with van der Waals surface area (Å²) in [5.74, 6) is -0.763. The molecule has 0 radical (unpaired) electrons. The van der Waals surface area contributed by atoms with Crippen molar-refractivity contribution in [1.29, 1.82) is 0 Å². The second-order valence-electron chi connectivity index (χ2n) is 4.08. The van der Waals surface area contributed by atoms with Gasteiger partial charge in [-0.2, -0.15) is 0 Å². The van der Waals surface area contributed by atoms with E-state index >= 15 is 0 Å². The van der Waals surface area contributed by atoms with Crippen molar-refractivity contribution in [1.82, 2.24) is 4.90 Å². The molecule has 0 atom stereocenters. The molecular weight excluding hydrogens is 240 g/mol. The van der Waals surface area contributed by atoms with Gasteiger partial charge < -0.3 is 15.7 Å². The molecule has 1 aromatic carbocycles. The summed E-state index contributed by atoms with van der Waals surface area (Å²) >= 11 is 5.89. The Hall–Kier alpha value is -1.26. The second-order valence-corrected chi connectivity index (χ2v) is 4.51. The zero-order chi connectivity index (χ0) is 12.8. The van der Waals surface area contributed by atoms with Gasteiger partial charge in [-0.25, -0.2) is 0 Å². The summed E-state index contributed by atoms with van der Waals surface area (Å²) in [4.78, 5) is 12.4. The van der Waals surface area contributed by atoms with E-state index in [2.05, 4.69) is 0 Å². The van der Waals surface area contributed by atoms with Gasteiger partial charge in [-0.3, -0.25) is 4.79 Å².